The number of rotatable bonds is 7. The normalized spacial score (nSPS) is 12.5. The van der Waals surface area contributed by atoms with Crippen LogP contribution in [0.2, 0.25) is 0 Å². The molecule has 2 rings (SSSR count). The van der Waals surface area contributed by atoms with E-state index < -0.39 is 34.8 Å². The van der Waals surface area contributed by atoms with Gasteiger partial charge in [0.1, 0.15) is 0 Å². The van der Waals surface area contributed by atoms with Crippen molar-refractivity contribution in [1.29, 1.82) is 0 Å². The Hall–Kier alpha value is -3.00. The molecule has 0 saturated heterocycles. The second-order valence-electron chi connectivity index (χ2n) is 5.68. The molecule has 0 fully saturated rings. The van der Waals surface area contributed by atoms with Gasteiger partial charge >= 0.3 is 12.0 Å². The van der Waals surface area contributed by atoms with Crippen LogP contribution in [0.25, 0.3) is 0 Å². The molecule has 0 unspecified atom stereocenters. The highest BCUT2D eigenvalue weighted by atomic mass is 32.2. The molecule has 2 N–H and O–H groups in total. The molecule has 0 saturated carbocycles. The Morgan fingerprint density at radius 3 is 2.29 bits per heavy atom. The maximum Gasteiger partial charge on any atom is 0.340 e. The summed E-state index contributed by atoms with van der Waals surface area (Å²) >= 11 is 0. The molecule has 0 aliphatic heterocycles. The molecule has 0 bridgehead atoms. The maximum absolute atomic E-state index is 12.7. The van der Waals surface area contributed by atoms with Crippen molar-refractivity contribution in [3.05, 3.63) is 65.7 Å². The molecule has 0 aliphatic carbocycles. The predicted octanol–water partition coefficient (Wildman–Crippen LogP) is 2.56. The second kappa shape index (κ2) is 10.4. The third-order valence-electron chi connectivity index (χ3n) is 3.75. The Morgan fingerprint density at radius 2 is 1.64 bits per heavy atom. The third-order valence-corrected chi connectivity index (χ3v) is 5.12. The van der Waals surface area contributed by atoms with E-state index in [2.05, 4.69) is 10.6 Å². The number of nitrogens with one attached hydrogen (secondary N) is 2. The summed E-state index contributed by atoms with van der Waals surface area (Å²) in [6.45, 7) is 3.79. The lowest BCUT2D eigenvalue weighted by Gasteiger charge is -2.18. The molecule has 2 atom stereocenters. The summed E-state index contributed by atoms with van der Waals surface area (Å²) in [5.41, 5.74) is 0.529. The van der Waals surface area contributed by atoms with Gasteiger partial charge in [0.15, 0.2) is 0 Å². The van der Waals surface area contributed by atoms with E-state index in [9.17, 15) is 18.6 Å². The van der Waals surface area contributed by atoms with Crippen LogP contribution in [0.1, 0.15) is 35.9 Å². The fourth-order valence-corrected chi connectivity index (χ4v) is 3.38. The lowest BCUT2D eigenvalue weighted by atomic mass is 10.1. The van der Waals surface area contributed by atoms with Crippen molar-refractivity contribution >= 4 is 28.7 Å². The van der Waals surface area contributed by atoms with Crippen LogP contribution in [0, 0.1) is 0 Å². The third kappa shape index (κ3) is 5.50. The minimum Gasteiger partial charge on any atom is -0.444 e. The number of carbonyl (C=O) groups excluding carboxylic acids is 3. The maximum atomic E-state index is 12.7. The van der Waals surface area contributed by atoms with Crippen LogP contribution in [-0.4, -0.2) is 34.4 Å². The number of carbonyl (C=O) groups is 3. The van der Waals surface area contributed by atoms with Crippen molar-refractivity contribution < 1.29 is 23.3 Å². The largest absolute Gasteiger partial charge is 0.444 e. The van der Waals surface area contributed by atoms with Crippen LogP contribution in [0.15, 0.2) is 59.5 Å². The van der Waals surface area contributed by atoms with Crippen LogP contribution in [0.4, 0.5) is 4.79 Å². The van der Waals surface area contributed by atoms with Crippen molar-refractivity contribution in [3.63, 3.8) is 0 Å². The number of benzene rings is 2. The van der Waals surface area contributed by atoms with E-state index in [1.54, 1.807) is 62.4 Å². The second-order valence-corrected chi connectivity index (χ2v) is 7.38. The zero-order valence-corrected chi connectivity index (χ0v) is 16.5. The summed E-state index contributed by atoms with van der Waals surface area (Å²) in [4.78, 5) is 37.4. The molecule has 0 heterocycles. The van der Waals surface area contributed by atoms with Crippen molar-refractivity contribution in [2.45, 2.75) is 24.8 Å². The Labute approximate surface area is 165 Å². The molecule has 8 heteroatoms. The van der Waals surface area contributed by atoms with E-state index in [1.807, 2.05) is 0 Å². The fourth-order valence-electron chi connectivity index (χ4n) is 2.44. The summed E-state index contributed by atoms with van der Waals surface area (Å²) in [6.07, 6.45) is -1.33. The summed E-state index contributed by atoms with van der Waals surface area (Å²) in [6, 6.07) is 14.1. The highest BCUT2D eigenvalue weighted by Crippen LogP contribution is 2.22. The highest BCUT2D eigenvalue weighted by Gasteiger charge is 2.28. The monoisotopic (exact) mass is 402 g/mol. The number of urea groups is 1. The standard InChI is InChI=1S/C20H22N2O5S/c1-3-21-20(25)22-18(23)17(14-10-6-5-7-11-14)27-19(24)15-12-8-9-13-16(15)28(26)4-2/h5-13,17H,3-4H2,1-2H3,(H2,21,22,23,25)/t17-,28-/m0/s1. The molecule has 0 radical (unpaired) electrons. The van der Waals surface area contributed by atoms with Crippen LogP contribution in [0.3, 0.4) is 0 Å². The van der Waals surface area contributed by atoms with E-state index in [1.165, 1.54) is 6.07 Å². The Bertz CT molecular complexity index is 870. The molecule has 148 valence electrons. The number of hydrogen-bond donors (Lipinski definition) is 2. The Kier molecular flexibility index (Phi) is 7.88. The van der Waals surface area contributed by atoms with E-state index in [4.69, 9.17) is 4.74 Å². The van der Waals surface area contributed by atoms with Gasteiger partial charge in [-0.15, -0.1) is 0 Å². The molecular formula is C20H22N2O5S. The van der Waals surface area contributed by atoms with Gasteiger partial charge in [-0.2, -0.15) is 0 Å². The summed E-state index contributed by atoms with van der Waals surface area (Å²) < 4.78 is 17.7. The molecule has 0 spiro atoms. The molecule has 2 aromatic carbocycles. The van der Waals surface area contributed by atoms with Gasteiger partial charge in [0.05, 0.1) is 21.3 Å². The van der Waals surface area contributed by atoms with Crippen LogP contribution in [0.5, 0.6) is 0 Å². The smallest absolute Gasteiger partial charge is 0.340 e. The van der Waals surface area contributed by atoms with Crippen molar-refractivity contribution in [1.82, 2.24) is 10.6 Å². The van der Waals surface area contributed by atoms with Gasteiger partial charge in [0.25, 0.3) is 5.91 Å². The van der Waals surface area contributed by atoms with E-state index in [-0.39, 0.29) is 5.56 Å². The van der Waals surface area contributed by atoms with E-state index >= 15 is 0 Å². The minimum atomic E-state index is -1.37. The first-order chi connectivity index (χ1) is 13.5. The van der Waals surface area contributed by atoms with Gasteiger partial charge in [0, 0.05) is 17.9 Å². The molecule has 0 aromatic heterocycles. The quantitative estimate of drug-likeness (QED) is 0.693. The number of imide groups is 1. The first kappa shape index (κ1) is 21.3. The van der Waals surface area contributed by atoms with Crippen LogP contribution >= 0.6 is 0 Å². The number of ether oxygens (including phenoxy) is 1. The van der Waals surface area contributed by atoms with Gasteiger partial charge in [-0.25, -0.2) is 9.59 Å². The van der Waals surface area contributed by atoms with Crippen molar-refractivity contribution in [2.24, 2.45) is 0 Å². The average Bonchev–Trinajstić information content (AvgIpc) is 2.71. The molecule has 0 aliphatic rings. The lowest BCUT2D eigenvalue weighted by Crippen LogP contribution is -2.42. The molecule has 28 heavy (non-hydrogen) atoms. The molecule has 2 aromatic rings. The predicted molar refractivity (Wildman–Crippen MR) is 105 cm³/mol. The van der Waals surface area contributed by atoms with E-state index in [0.717, 1.165) is 0 Å². The molecule has 3 amide bonds. The minimum absolute atomic E-state index is 0.120. The first-order valence-electron chi connectivity index (χ1n) is 8.79. The highest BCUT2D eigenvalue weighted by molar-refractivity contribution is 7.85. The SMILES string of the molecule is CCNC(=O)NC(=O)[C@@H](OC(=O)c1ccccc1[S@@](=O)CC)c1ccccc1. The van der Waals surface area contributed by atoms with Gasteiger partial charge in [-0.3, -0.25) is 14.3 Å². The van der Waals surface area contributed by atoms with Crippen molar-refractivity contribution in [2.75, 3.05) is 12.3 Å². The van der Waals surface area contributed by atoms with Crippen LogP contribution in [-0.2, 0) is 20.3 Å². The molecular weight excluding hydrogens is 380 g/mol. The summed E-state index contributed by atoms with van der Waals surface area (Å²) in [5.74, 6) is -1.23. The number of esters is 1. The zero-order chi connectivity index (χ0) is 20.5. The lowest BCUT2D eigenvalue weighted by molar-refractivity contribution is -0.129. The van der Waals surface area contributed by atoms with Crippen LogP contribution < -0.4 is 10.6 Å². The Balaban J connectivity index is 2.31. The summed E-state index contributed by atoms with van der Waals surface area (Å²) in [7, 11) is -1.37. The number of hydrogen-bond acceptors (Lipinski definition) is 5. The van der Waals surface area contributed by atoms with Crippen molar-refractivity contribution in [3.8, 4) is 0 Å². The van der Waals surface area contributed by atoms with Gasteiger partial charge in [-0.1, -0.05) is 49.4 Å². The van der Waals surface area contributed by atoms with Gasteiger partial charge in [-0.05, 0) is 19.1 Å². The fraction of sp³-hybridized carbons (Fsp3) is 0.250. The van der Waals surface area contributed by atoms with Gasteiger partial charge < -0.3 is 10.1 Å². The zero-order valence-electron chi connectivity index (χ0n) is 15.6. The topological polar surface area (TPSA) is 102 Å². The number of amides is 3. The summed E-state index contributed by atoms with van der Waals surface area (Å²) in [5, 5.41) is 4.61. The van der Waals surface area contributed by atoms with Gasteiger partial charge in [0.2, 0.25) is 6.10 Å². The molecule has 7 nitrogen and oxygen atoms in total. The average molecular weight is 402 g/mol. The Morgan fingerprint density at radius 1 is 1.00 bits per heavy atom. The first-order valence-corrected chi connectivity index (χ1v) is 10.1. The van der Waals surface area contributed by atoms with E-state index in [0.29, 0.717) is 22.8 Å².